The van der Waals surface area contributed by atoms with Gasteiger partial charge in [0.25, 0.3) is 0 Å². The van der Waals surface area contributed by atoms with Gasteiger partial charge in [-0.05, 0) is 49.6 Å². The second kappa shape index (κ2) is 6.78. The molecule has 26 heavy (non-hydrogen) atoms. The van der Waals surface area contributed by atoms with Gasteiger partial charge in [0.05, 0.1) is 11.1 Å². The van der Waals surface area contributed by atoms with Gasteiger partial charge >= 0.3 is 0 Å². The Kier molecular flexibility index (Phi) is 4.47. The molecule has 0 atom stereocenters. The monoisotopic (exact) mass is 369 g/mol. The van der Waals surface area contributed by atoms with E-state index in [9.17, 15) is 4.79 Å². The zero-order valence-corrected chi connectivity index (χ0v) is 15.6. The second-order valence-electron chi connectivity index (χ2n) is 6.85. The lowest BCUT2D eigenvalue weighted by atomic mass is 10.0. The Hall–Kier alpha value is -2.30. The molecule has 0 saturated heterocycles. The fourth-order valence-electron chi connectivity index (χ4n) is 3.34. The van der Waals surface area contributed by atoms with Gasteiger partial charge < -0.3 is 9.47 Å². The number of hydrogen-bond acceptors (Lipinski definition) is 4. The Morgan fingerprint density at radius 3 is 2.77 bits per heavy atom. The summed E-state index contributed by atoms with van der Waals surface area (Å²) in [6.07, 6.45) is 0.840. The molecule has 0 aromatic heterocycles. The lowest BCUT2D eigenvalue weighted by Crippen LogP contribution is -2.33. The first-order chi connectivity index (χ1) is 12.5. The third-order valence-corrected chi connectivity index (χ3v) is 5.13. The van der Waals surface area contributed by atoms with Gasteiger partial charge in [0.2, 0.25) is 5.78 Å². The summed E-state index contributed by atoms with van der Waals surface area (Å²) in [6.45, 7) is 5.79. The summed E-state index contributed by atoms with van der Waals surface area (Å²) in [6, 6.07) is 11.6. The van der Waals surface area contributed by atoms with Gasteiger partial charge in [-0.2, -0.15) is 0 Å². The van der Waals surface area contributed by atoms with Crippen LogP contribution in [0.2, 0.25) is 5.02 Å². The Morgan fingerprint density at radius 1 is 1.19 bits per heavy atom. The predicted molar refractivity (Wildman–Crippen MR) is 101 cm³/mol. The van der Waals surface area contributed by atoms with E-state index in [0.717, 1.165) is 40.4 Å². The number of Topliss-reactive ketones (excluding diaryl/α,β-unsaturated/α-hetero) is 1. The lowest BCUT2D eigenvalue weighted by molar-refractivity contribution is 0.0949. The average Bonchev–Trinajstić information content (AvgIpc) is 2.98. The highest BCUT2D eigenvalue weighted by Gasteiger charge is 2.34. The Morgan fingerprint density at radius 2 is 2.00 bits per heavy atom. The molecule has 2 aromatic rings. The van der Waals surface area contributed by atoms with Crippen LogP contribution in [0.25, 0.3) is 0 Å². The highest BCUT2D eigenvalue weighted by Crippen LogP contribution is 2.42. The predicted octanol–water partition coefficient (Wildman–Crippen LogP) is 4.60. The van der Waals surface area contributed by atoms with Gasteiger partial charge in [-0.3, -0.25) is 9.69 Å². The van der Waals surface area contributed by atoms with Gasteiger partial charge in [0.15, 0.2) is 5.76 Å². The maximum Gasteiger partial charge on any atom is 0.231 e. The molecule has 0 N–H and O–H groups in total. The normalized spacial score (nSPS) is 16.0. The third-order valence-electron chi connectivity index (χ3n) is 4.77. The Balaban J connectivity index is 1.55. The number of nitrogens with zero attached hydrogens (tertiary/aromatic N) is 1. The smallest absolute Gasteiger partial charge is 0.231 e. The summed E-state index contributed by atoms with van der Waals surface area (Å²) in [5.41, 5.74) is 3.57. The van der Waals surface area contributed by atoms with Crippen LogP contribution in [0, 0.1) is 0 Å². The molecule has 2 aliphatic rings. The summed E-state index contributed by atoms with van der Waals surface area (Å²) < 4.78 is 11.8. The van der Waals surface area contributed by atoms with E-state index < -0.39 is 0 Å². The highest BCUT2D eigenvalue weighted by atomic mass is 35.5. The van der Waals surface area contributed by atoms with Crippen LogP contribution in [0.15, 0.2) is 47.7 Å². The molecule has 2 aromatic carbocycles. The third kappa shape index (κ3) is 3.00. The number of benzene rings is 2. The number of ether oxygens (including phenoxy) is 2. The number of fused-ring (bicyclic) bond motifs is 3. The van der Waals surface area contributed by atoms with Gasteiger partial charge in [0, 0.05) is 18.1 Å². The molecule has 5 heteroatoms. The molecular weight excluding hydrogens is 350 g/mol. The summed E-state index contributed by atoms with van der Waals surface area (Å²) in [7, 11) is 0. The van der Waals surface area contributed by atoms with Crippen molar-refractivity contribution in [1.29, 1.82) is 0 Å². The van der Waals surface area contributed by atoms with Crippen LogP contribution < -0.4 is 9.47 Å². The van der Waals surface area contributed by atoms with Gasteiger partial charge in [0.1, 0.15) is 18.2 Å². The molecule has 0 aliphatic carbocycles. The van der Waals surface area contributed by atoms with E-state index in [0.29, 0.717) is 30.3 Å². The molecule has 2 heterocycles. The Bertz CT molecular complexity index is 915. The van der Waals surface area contributed by atoms with E-state index in [2.05, 4.69) is 4.90 Å². The molecule has 0 unspecified atom stereocenters. The molecule has 0 spiro atoms. The van der Waals surface area contributed by atoms with Crippen molar-refractivity contribution >= 4 is 17.4 Å². The van der Waals surface area contributed by atoms with Crippen molar-refractivity contribution in [3.05, 3.63) is 69.4 Å². The fraction of sp³-hybridized carbons (Fsp3) is 0.286. The number of carbonyl (C=O) groups excluding carboxylic acids is 1. The molecule has 4 nitrogen and oxygen atoms in total. The van der Waals surface area contributed by atoms with Gasteiger partial charge in [-0.25, -0.2) is 0 Å². The number of halogens is 1. The molecule has 2 aliphatic heterocycles. The van der Waals surface area contributed by atoms with Crippen LogP contribution in [0.5, 0.6) is 11.5 Å². The number of ketones is 1. The van der Waals surface area contributed by atoms with Crippen molar-refractivity contribution in [1.82, 2.24) is 4.90 Å². The first-order valence-corrected chi connectivity index (χ1v) is 9.07. The van der Waals surface area contributed by atoms with Crippen LogP contribution in [0.1, 0.15) is 35.3 Å². The van der Waals surface area contributed by atoms with Crippen LogP contribution in [0.4, 0.5) is 0 Å². The summed E-state index contributed by atoms with van der Waals surface area (Å²) in [4.78, 5) is 14.7. The zero-order chi connectivity index (χ0) is 18.3. The molecule has 0 amide bonds. The topological polar surface area (TPSA) is 38.8 Å². The van der Waals surface area contributed by atoms with Crippen LogP contribution in [-0.2, 0) is 13.0 Å². The first kappa shape index (κ1) is 17.1. The SMILES string of the molecule is CC(C)=C1Oc2c(ccc3c2CN(CCc2ccccc2Cl)CO3)C1=O. The highest BCUT2D eigenvalue weighted by molar-refractivity contribution is 6.31. The average molecular weight is 370 g/mol. The lowest BCUT2D eigenvalue weighted by Gasteiger charge is -2.29. The minimum atomic E-state index is -0.0454. The summed E-state index contributed by atoms with van der Waals surface area (Å²) >= 11 is 6.25. The summed E-state index contributed by atoms with van der Waals surface area (Å²) in [5, 5.41) is 0.786. The second-order valence-corrected chi connectivity index (χ2v) is 7.25. The molecule has 0 radical (unpaired) electrons. The van der Waals surface area contributed by atoms with E-state index in [4.69, 9.17) is 21.1 Å². The number of rotatable bonds is 3. The van der Waals surface area contributed by atoms with Crippen LogP contribution in [0.3, 0.4) is 0 Å². The van der Waals surface area contributed by atoms with E-state index in [1.54, 1.807) is 6.07 Å². The standard InChI is InChI=1S/C21H20ClNO3/c1-13(2)20-19(24)15-7-8-18-16(21(15)26-20)11-23(12-25-18)10-9-14-5-3-4-6-17(14)22/h3-8H,9-12H2,1-2H3. The van der Waals surface area contributed by atoms with E-state index in [-0.39, 0.29) is 5.78 Å². The van der Waals surface area contributed by atoms with Crippen LogP contribution in [-0.4, -0.2) is 24.0 Å². The summed E-state index contributed by atoms with van der Waals surface area (Å²) in [5.74, 6) is 1.82. The van der Waals surface area contributed by atoms with Crippen LogP contribution >= 0.6 is 11.6 Å². The van der Waals surface area contributed by atoms with Gasteiger partial charge in [-0.15, -0.1) is 0 Å². The molecular formula is C21H20ClNO3. The van der Waals surface area contributed by atoms with E-state index >= 15 is 0 Å². The van der Waals surface area contributed by atoms with E-state index in [1.165, 1.54) is 0 Å². The number of hydrogen-bond donors (Lipinski definition) is 0. The maximum absolute atomic E-state index is 12.5. The van der Waals surface area contributed by atoms with E-state index in [1.807, 2.05) is 44.2 Å². The quantitative estimate of drug-likeness (QED) is 0.741. The largest absolute Gasteiger partial charge is 0.478 e. The number of carbonyl (C=O) groups is 1. The molecule has 0 saturated carbocycles. The molecule has 134 valence electrons. The minimum absolute atomic E-state index is 0.0454. The van der Waals surface area contributed by atoms with Gasteiger partial charge in [-0.1, -0.05) is 29.8 Å². The van der Waals surface area contributed by atoms with Crippen molar-refractivity contribution in [3.63, 3.8) is 0 Å². The molecule has 0 fully saturated rings. The van der Waals surface area contributed by atoms with Crippen molar-refractivity contribution in [3.8, 4) is 11.5 Å². The Labute approximate surface area is 158 Å². The van der Waals surface area contributed by atoms with Crippen molar-refractivity contribution in [2.75, 3.05) is 13.3 Å². The molecule has 0 bridgehead atoms. The minimum Gasteiger partial charge on any atom is -0.478 e. The number of allylic oxidation sites excluding steroid dienone is 2. The molecule has 4 rings (SSSR count). The van der Waals surface area contributed by atoms with Crippen molar-refractivity contribution < 1.29 is 14.3 Å². The fourth-order valence-corrected chi connectivity index (χ4v) is 3.57. The van der Waals surface area contributed by atoms with Crippen molar-refractivity contribution in [2.45, 2.75) is 26.8 Å². The zero-order valence-electron chi connectivity index (χ0n) is 14.8. The maximum atomic E-state index is 12.5. The van der Waals surface area contributed by atoms with Crippen molar-refractivity contribution in [2.24, 2.45) is 0 Å². The first-order valence-electron chi connectivity index (χ1n) is 8.69.